The third-order valence-electron chi connectivity index (χ3n) is 3.43. The molecular formula is C20H17NO4. The zero-order valence-corrected chi connectivity index (χ0v) is 13.7. The summed E-state index contributed by atoms with van der Waals surface area (Å²) in [5.41, 5.74) is 1.46. The zero-order chi connectivity index (χ0) is 17.5. The Balaban J connectivity index is 1.64. The third-order valence-corrected chi connectivity index (χ3v) is 3.43. The maximum absolute atomic E-state index is 11.4. The lowest BCUT2D eigenvalue weighted by atomic mass is 10.2. The first-order valence-corrected chi connectivity index (χ1v) is 7.73. The van der Waals surface area contributed by atoms with Gasteiger partial charge in [-0.1, -0.05) is 36.4 Å². The van der Waals surface area contributed by atoms with Gasteiger partial charge in [-0.3, -0.25) is 0 Å². The fourth-order valence-corrected chi connectivity index (χ4v) is 2.17. The molecule has 3 aromatic rings. The lowest BCUT2D eigenvalue weighted by molar-refractivity contribution is 0.0600. The number of ether oxygens (including phenoxy) is 3. The lowest BCUT2D eigenvalue weighted by Crippen LogP contribution is -2.01. The van der Waals surface area contributed by atoms with Gasteiger partial charge >= 0.3 is 5.97 Å². The Labute approximate surface area is 145 Å². The molecule has 0 aliphatic rings. The number of carbonyl (C=O) groups excluding carboxylic acids is 1. The maximum Gasteiger partial charge on any atom is 0.339 e. The molecule has 1 aromatic heterocycles. The van der Waals surface area contributed by atoms with Crippen LogP contribution in [0.15, 0.2) is 72.9 Å². The minimum Gasteiger partial charge on any atom is -0.489 e. The summed E-state index contributed by atoms with van der Waals surface area (Å²) in [5.74, 6) is 1.25. The number of rotatable bonds is 6. The van der Waals surface area contributed by atoms with E-state index in [0.717, 1.165) is 5.56 Å². The molecule has 0 fully saturated rings. The van der Waals surface area contributed by atoms with E-state index in [1.165, 1.54) is 13.3 Å². The van der Waals surface area contributed by atoms with E-state index in [0.29, 0.717) is 29.5 Å². The minimum atomic E-state index is -0.435. The normalized spacial score (nSPS) is 10.1. The van der Waals surface area contributed by atoms with Gasteiger partial charge in [0, 0.05) is 18.3 Å². The number of hydrogen-bond donors (Lipinski definition) is 0. The monoisotopic (exact) mass is 335 g/mol. The molecule has 5 heteroatoms. The van der Waals surface area contributed by atoms with Crippen molar-refractivity contribution in [2.24, 2.45) is 0 Å². The van der Waals surface area contributed by atoms with Crippen molar-refractivity contribution in [1.29, 1.82) is 0 Å². The predicted molar refractivity (Wildman–Crippen MR) is 92.9 cm³/mol. The summed E-state index contributed by atoms with van der Waals surface area (Å²) in [6.45, 7) is 0.483. The number of methoxy groups -OCH3 is 1. The Morgan fingerprint density at radius 2 is 1.76 bits per heavy atom. The largest absolute Gasteiger partial charge is 0.489 e. The molecule has 0 saturated carbocycles. The summed E-state index contributed by atoms with van der Waals surface area (Å²) in [4.78, 5) is 15.5. The molecule has 2 aromatic carbocycles. The van der Waals surface area contributed by atoms with E-state index in [2.05, 4.69) is 9.72 Å². The fraction of sp³-hybridized carbons (Fsp3) is 0.100. The quantitative estimate of drug-likeness (QED) is 0.631. The Bertz CT molecular complexity index is 832. The van der Waals surface area contributed by atoms with Gasteiger partial charge in [0.1, 0.15) is 18.1 Å². The zero-order valence-electron chi connectivity index (χ0n) is 13.7. The van der Waals surface area contributed by atoms with Crippen molar-refractivity contribution in [3.8, 4) is 17.4 Å². The molecule has 0 saturated heterocycles. The second-order valence-corrected chi connectivity index (χ2v) is 5.23. The first-order chi connectivity index (χ1) is 12.2. The van der Waals surface area contributed by atoms with E-state index < -0.39 is 5.97 Å². The average Bonchev–Trinajstić information content (AvgIpc) is 2.67. The highest BCUT2D eigenvalue weighted by Crippen LogP contribution is 2.24. The molecule has 3 rings (SSSR count). The number of hydrogen-bond acceptors (Lipinski definition) is 5. The van der Waals surface area contributed by atoms with Crippen LogP contribution in [0.5, 0.6) is 17.4 Å². The SMILES string of the molecule is COC(=O)c1ccc(Oc2cccc(OCc3ccccc3)c2)nc1. The van der Waals surface area contributed by atoms with Crippen molar-refractivity contribution in [2.75, 3.05) is 7.11 Å². The molecule has 0 aliphatic carbocycles. The van der Waals surface area contributed by atoms with Gasteiger partial charge in [-0.2, -0.15) is 0 Å². The first-order valence-electron chi connectivity index (χ1n) is 7.73. The van der Waals surface area contributed by atoms with Crippen LogP contribution in [0.4, 0.5) is 0 Å². The van der Waals surface area contributed by atoms with Crippen molar-refractivity contribution in [2.45, 2.75) is 6.61 Å². The first kappa shape index (κ1) is 16.5. The second kappa shape index (κ2) is 7.97. The molecule has 126 valence electrons. The standard InChI is InChI=1S/C20H17NO4/c1-23-20(22)16-10-11-19(21-13-16)25-18-9-5-8-17(12-18)24-14-15-6-3-2-4-7-15/h2-13H,14H2,1H3. The van der Waals surface area contributed by atoms with Gasteiger partial charge in [0.05, 0.1) is 12.7 Å². The summed E-state index contributed by atoms with van der Waals surface area (Å²) >= 11 is 0. The molecule has 1 heterocycles. The number of pyridine rings is 1. The second-order valence-electron chi connectivity index (χ2n) is 5.23. The van der Waals surface area contributed by atoms with Gasteiger partial charge < -0.3 is 14.2 Å². The highest BCUT2D eigenvalue weighted by molar-refractivity contribution is 5.88. The van der Waals surface area contributed by atoms with E-state index in [9.17, 15) is 4.79 Å². The van der Waals surface area contributed by atoms with E-state index in [1.807, 2.05) is 48.5 Å². The highest BCUT2D eigenvalue weighted by Gasteiger charge is 2.07. The van der Waals surface area contributed by atoms with Crippen LogP contribution in [0.2, 0.25) is 0 Å². The molecule has 5 nitrogen and oxygen atoms in total. The number of nitrogens with zero attached hydrogens (tertiary/aromatic N) is 1. The summed E-state index contributed by atoms with van der Waals surface area (Å²) in [6.07, 6.45) is 1.41. The molecule has 0 atom stereocenters. The van der Waals surface area contributed by atoms with Gasteiger partial charge in [-0.15, -0.1) is 0 Å². The Hall–Kier alpha value is -3.34. The van der Waals surface area contributed by atoms with Crippen molar-refractivity contribution < 1.29 is 19.0 Å². The van der Waals surface area contributed by atoms with Crippen LogP contribution in [-0.2, 0) is 11.3 Å². The molecule has 0 N–H and O–H groups in total. The van der Waals surface area contributed by atoms with E-state index in [-0.39, 0.29) is 0 Å². The fourth-order valence-electron chi connectivity index (χ4n) is 2.17. The minimum absolute atomic E-state index is 0.370. The summed E-state index contributed by atoms with van der Waals surface area (Å²) in [6, 6.07) is 20.5. The number of benzene rings is 2. The molecule has 0 amide bonds. The molecule has 0 radical (unpaired) electrons. The molecular weight excluding hydrogens is 318 g/mol. The maximum atomic E-state index is 11.4. The molecule has 25 heavy (non-hydrogen) atoms. The lowest BCUT2D eigenvalue weighted by Gasteiger charge is -2.09. The van der Waals surface area contributed by atoms with Crippen LogP contribution in [-0.4, -0.2) is 18.1 Å². The van der Waals surface area contributed by atoms with Crippen LogP contribution in [0.25, 0.3) is 0 Å². The van der Waals surface area contributed by atoms with Crippen LogP contribution < -0.4 is 9.47 Å². The van der Waals surface area contributed by atoms with Crippen LogP contribution >= 0.6 is 0 Å². The summed E-state index contributed by atoms with van der Waals surface area (Å²) < 4.78 is 16.1. The Morgan fingerprint density at radius 1 is 0.960 bits per heavy atom. The third kappa shape index (κ3) is 4.57. The average molecular weight is 335 g/mol. The smallest absolute Gasteiger partial charge is 0.339 e. The van der Waals surface area contributed by atoms with Gasteiger partial charge in [0.25, 0.3) is 0 Å². The predicted octanol–water partition coefficient (Wildman–Crippen LogP) is 4.24. The topological polar surface area (TPSA) is 57.7 Å². The van der Waals surface area contributed by atoms with Crippen LogP contribution in [0, 0.1) is 0 Å². The number of aromatic nitrogens is 1. The van der Waals surface area contributed by atoms with Crippen LogP contribution in [0.1, 0.15) is 15.9 Å². The van der Waals surface area contributed by atoms with Crippen molar-refractivity contribution in [1.82, 2.24) is 4.98 Å². The van der Waals surface area contributed by atoms with Crippen molar-refractivity contribution in [3.63, 3.8) is 0 Å². The molecule has 0 bridgehead atoms. The Morgan fingerprint density at radius 3 is 2.48 bits per heavy atom. The number of carbonyl (C=O) groups is 1. The van der Waals surface area contributed by atoms with Gasteiger partial charge in [0.2, 0.25) is 5.88 Å². The summed E-state index contributed by atoms with van der Waals surface area (Å²) in [5, 5.41) is 0. The molecule has 0 unspecified atom stereocenters. The molecule has 0 spiro atoms. The highest BCUT2D eigenvalue weighted by atomic mass is 16.5. The van der Waals surface area contributed by atoms with Gasteiger partial charge in [-0.05, 0) is 23.8 Å². The molecule has 0 aliphatic heterocycles. The Kier molecular flexibility index (Phi) is 5.26. The van der Waals surface area contributed by atoms with E-state index >= 15 is 0 Å². The van der Waals surface area contributed by atoms with Crippen molar-refractivity contribution >= 4 is 5.97 Å². The number of esters is 1. The van der Waals surface area contributed by atoms with Gasteiger partial charge in [-0.25, -0.2) is 9.78 Å². The van der Waals surface area contributed by atoms with Crippen molar-refractivity contribution in [3.05, 3.63) is 84.1 Å². The van der Waals surface area contributed by atoms with Crippen LogP contribution in [0.3, 0.4) is 0 Å². The summed E-state index contributed by atoms with van der Waals surface area (Å²) in [7, 11) is 1.33. The van der Waals surface area contributed by atoms with E-state index in [4.69, 9.17) is 9.47 Å². The van der Waals surface area contributed by atoms with Gasteiger partial charge in [0.15, 0.2) is 0 Å². The van der Waals surface area contributed by atoms with E-state index in [1.54, 1.807) is 18.2 Å².